The van der Waals surface area contributed by atoms with Crippen LogP contribution in [-0.4, -0.2) is 16.8 Å². The van der Waals surface area contributed by atoms with E-state index >= 15 is 0 Å². The van der Waals surface area contributed by atoms with Gasteiger partial charge in [-0.25, -0.2) is 0 Å². The minimum absolute atomic E-state index is 0.290. The fourth-order valence-electron chi connectivity index (χ4n) is 2.88. The van der Waals surface area contributed by atoms with Crippen LogP contribution < -0.4 is 5.32 Å². The summed E-state index contributed by atoms with van der Waals surface area (Å²) in [6.07, 6.45) is 2.02. The van der Waals surface area contributed by atoms with E-state index in [2.05, 4.69) is 62.0 Å². The van der Waals surface area contributed by atoms with Gasteiger partial charge in [0, 0.05) is 5.69 Å². The fourth-order valence-corrected chi connectivity index (χ4v) is 2.88. The minimum atomic E-state index is 0.290. The molecular formula is C18H27N3. The maximum Gasteiger partial charge on any atom is 0.0624 e. The molecule has 0 aliphatic rings. The Morgan fingerprint density at radius 1 is 1.05 bits per heavy atom. The second kappa shape index (κ2) is 6.90. The Bertz CT molecular complexity index is 578. The van der Waals surface area contributed by atoms with E-state index in [1.807, 2.05) is 7.05 Å². The average molecular weight is 285 g/mol. The van der Waals surface area contributed by atoms with Crippen molar-refractivity contribution in [2.75, 3.05) is 7.05 Å². The number of nitrogens with zero attached hydrogens (tertiary/aromatic N) is 2. The number of aromatic nitrogens is 2. The van der Waals surface area contributed by atoms with Gasteiger partial charge in [-0.2, -0.15) is 5.10 Å². The third-order valence-corrected chi connectivity index (χ3v) is 3.99. The molecular weight excluding hydrogens is 258 g/mol. The highest BCUT2D eigenvalue weighted by Crippen LogP contribution is 2.20. The summed E-state index contributed by atoms with van der Waals surface area (Å²) in [6.45, 7) is 9.54. The van der Waals surface area contributed by atoms with Gasteiger partial charge in [-0.3, -0.25) is 4.68 Å². The van der Waals surface area contributed by atoms with E-state index in [1.54, 1.807) is 0 Å². The number of likely N-dealkylation sites (N-methyl/N-ethyl adjacent to an activating group) is 1. The SMILES string of the molecule is CCc1cc(CC)n(CC(NC)c2cc(C)cc(C)c2)n1. The van der Waals surface area contributed by atoms with Crippen LogP contribution in [0.15, 0.2) is 24.3 Å². The Hall–Kier alpha value is -1.61. The van der Waals surface area contributed by atoms with Crippen molar-refractivity contribution in [3.8, 4) is 0 Å². The van der Waals surface area contributed by atoms with Crippen molar-refractivity contribution in [3.63, 3.8) is 0 Å². The van der Waals surface area contributed by atoms with Crippen molar-refractivity contribution in [3.05, 3.63) is 52.3 Å². The highest BCUT2D eigenvalue weighted by atomic mass is 15.3. The Morgan fingerprint density at radius 2 is 1.71 bits per heavy atom. The van der Waals surface area contributed by atoms with Crippen LogP contribution in [0.25, 0.3) is 0 Å². The molecule has 114 valence electrons. The summed E-state index contributed by atoms with van der Waals surface area (Å²) in [5.41, 5.74) is 6.47. The molecule has 0 radical (unpaired) electrons. The summed E-state index contributed by atoms with van der Waals surface area (Å²) < 4.78 is 2.16. The number of hydrogen-bond donors (Lipinski definition) is 1. The molecule has 0 aliphatic carbocycles. The van der Waals surface area contributed by atoms with E-state index in [1.165, 1.54) is 28.1 Å². The van der Waals surface area contributed by atoms with Crippen LogP contribution in [0.5, 0.6) is 0 Å². The van der Waals surface area contributed by atoms with Gasteiger partial charge >= 0.3 is 0 Å². The first-order valence-electron chi connectivity index (χ1n) is 7.88. The van der Waals surface area contributed by atoms with Gasteiger partial charge in [0.25, 0.3) is 0 Å². The van der Waals surface area contributed by atoms with Gasteiger partial charge in [-0.1, -0.05) is 43.2 Å². The van der Waals surface area contributed by atoms with Crippen molar-refractivity contribution in [1.29, 1.82) is 0 Å². The monoisotopic (exact) mass is 285 g/mol. The van der Waals surface area contributed by atoms with E-state index < -0.39 is 0 Å². The fraction of sp³-hybridized carbons (Fsp3) is 0.500. The van der Waals surface area contributed by atoms with E-state index in [9.17, 15) is 0 Å². The molecule has 0 saturated carbocycles. The molecule has 1 aromatic heterocycles. The van der Waals surface area contributed by atoms with Crippen molar-refractivity contribution >= 4 is 0 Å². The summed E-state index contributed by atoms with van der Waals surface area (Å²) >= 11 is 0. The van der Waals surface area contributed by atoms with Crippen molar-refractivity contribution < 1.29 is 0 Å². The zero-order valence-corrected chi connectivity index (χ0v) is 13.9. The minimum Gasteiger partial charge on any atom is -0.311 e. The molecule has 0 saturated heterocycles. The van der Waals surface area contributed by atoms with E-state index in [4.69, 9.17) is 5.10 Å². The molecule has 1 heterocycles. The number of rotatable bonds is 6. The van der Waals surface area contributed by atoms with Crippen LogP contribution in [0.4, 0.5) is 0 Å². The van der Waals surface area contributed by atoms with Gasteiger partial charge in [-0.15, -0.1) is 0 Å². The van der Waals surface area contributed by atoms with E-state index in [0.717, 1.165) is 19.4 Å². The molecule has 1 atom stereocenters. The molecule has 3 nitrogen and oxygen atoms in total. The maximum absolute atomic E-state index is 4.73. The van der Waals surface area contributed by atoms with Gasteiger partial charge < -0.3 is 5.32 Å². The van der Waals surface area contributed by atoms with Crippen LogP contribution >= 0.6 is 0 Å². The summed E-state index contributed by atoms with van der Waals surface area (Å²) in [5, 5.41) is 8.17. The lowest BCUT2D eigenvalue weighted by molar-refractivity contribution is 0.455. The Morgan fingerprint density at radius 3 is 2.24 bits per heavy atom. The summed E-state index contributed by atoms with van der Waals surface area (Å²) in [4.78, 5) is 0. The summed E-state index contributed by atoms with van der Waals surface area (Å²) in [7, 11) is 2.03. The molecule has 3 heteroatoms. The number of nitrogens with one attached hydrogen (secondary N) is 1. The predicted octanol–water partition coefficient (Wildman–Crippen LogP) is 3.59. The zero-order chi connectivity index (χ0) is 15.4. The molecule has 0 amide bonds. The molecule has 0 spiro atoms. The third kappa shape index (κ3) is 3.73. The van der Waals surface area contributed by atoms with Gasteiger partial charge in [-0.05, 0) is 45.4 Å². The lowest BCUT2D eigenvalue weighted by atomic mass is 10.0. The Kier molecular flexibility index (Phi) is 5.18. The second-order valence-corrected chi connectivity index (χ2v) is 5.78. The number of hydrogen-bond acceptors (Lipinski definition) is 2. The highest BCUT2D eigenvalue weighted by molar-refractivity contribution is 5.30. The molecule has 21 heavy (non-hydrogen) atoms. The average Bonchev–Trinajstić information content (AvgIpc) is 2.85. The molecule has 1 N–H and O–H groups in total. The van der Waals surface area contributed by atoms with E-state index in [0.29, 0.717) is 6.04 Å². The molecule has 0 fully saturated rings. The predicted molar refractivity (Wildman–Crippen MR) is 88.7 cm³/mol. The number of aryl methyl sites for hydroxylation is 4. The summed E-state index contributed by atoms with van der Waals surface area (Å²) in [6, 6.07) is 9.28. The molecule has 0 aliphatic heterocycles. The topological polar surface area (TPSA) is 29.9 Å². The smallest absolute Gasteiger partial charge is 0.0624 e. The first-order chi connectivity index (χ1) is 10.1. The van der Waals surface area contributed by atoms with Crippen molar-refractivity contribution in [2.24, 2.45) is 0 Å². The van der Waals surface area contributed by atoms with Gasteiger partial charge in [0.05, 0.1) is 18.3 Å². The highest BCUT2D eigenvalue weighted by Gasteiger charge is 2.14. The van der Waals surface area contributed by atoms with Crippen LogP contribution in [0.3, 0.4) is 0 Å². The first-order valence-corrected chi connectivity index (χ1v) is 7.88. The molecule has 1 aromatic carbocycles. The lowest BCUT2D eigenvalue weighted by Crippen LogP contribution is -2.23. The zero-order valence-electron chi connectivity index (χ0n) is 13.9. The Labute approximate surface area is 128 Å². The normalized spacial score (nSPS) is 12.6. The first kappa shape index (κ1) is 15.8. The third-order valence-electron chi connectivity index (χ3n) is 3.99. The van der Waals surface area contributed by atoms with Crippen LogP contribution in [0.1, 0.15) is 48.0 Å². The quantitative estimate of drug-likeness (QED) is 0.879. The van der Waals surface area contributed by atoms with Crippen LogP contribution in [0, 0.1) is 13.8 Å². The summed E-state index contributed by atoms with van der Waals surface area (Å²) in [5.74, 6) is 0. The van der Waals surface area contributed by atoms with Crippen molar-refractivity contribution in [1.82, 2.24) is 15.1 Å². The lowest BCUT2D eigenvalue weighted by Gasteiger charge is -2.19. The molecule has 0 bridgehead atoms. The van der Waals surface area contributed by atoms with Crippen molar-refractivity contribution in [2.45, 2.75) is 53.1 Å². The number of benzene rings is 1. The van der Waals surface area contributed by atoms with Crippen LogP contribution in [0.2, 0.25) is 0 Å². The Balaban J connectivity index is 2.28. The largest absolute Gasteiger partial charge is 0.311 e. The second-order valence-electron chi connectivity index (χ2n) is 5.78. The molecule has 1 unspecified atom stereocenters. The van der Waals surface area contributed by atoms with E-state index in [-0.39, 0.29) is 0 Å². The van der Waals surface area contributed by atoms with Crippen LogP contribution in [-0.2, 0) is 19.4 Å². The molecule has 2 aromatic rings. The standard InChI is InChI=1S/C18H27N3/c1-6-16-11-17(7-2)21(20-16)12-18(19-5)15-9-13(3)8-14(4)10-15/h8-11,18-19H,6-7,12H2,1-5H3. The van der Waals surface area contributed by atoms with Gasteiger partial charge in [0.2, 0.25) is 0 Å². The molecule has 2 rings (SSSR count). The maximum atomic E-state index is 4.73. The van der Waals surface area contributed by atoms with Gasteiger partial charge in [0.15, 0.2) is 0 Å². The van der Waals surface area contributed by atoms with Gasteiger partial charge in [0.1, 0.15) is 0 Å².